The van der Waals surface area contributed by atoms with Gasteiger partial charge in [-0.15, -0.1) is 0 Å². The Morgan fingerprint density at radius 1 is 1.14 bits per heavy atom. The first-order valence-electron chi connectivity index (χ1n) is 8.38. The molecule has 0 aliphatic heterocycles. The summed E-state index contributed by atoms with van der Waals surface area (Å²) in [5.74, 6) is -3.02. The van der Waals surface area contributed by atoms with Crippen LogP contribution in [0.1, 0.15) is 28.9 Å². The fourth-order valence-corrected chi connectivity index (χ4v) is 2.80. The van der Waals surface area contributed by atoms with Crippen LogP contribution in [-0.2, 0) is 9.53 Å². The molecule has 0 bridgehead atoms. The Balaban J connectivity index is 1.66. The number of H-pyrrole nitrogens is 1. The van der Waals surface area contributed by atoms with E-state index in [9.17, 15) is 23.2 Å². The van der Waals surface area contributed by atoms with Gasteiger partial charge in [0.1, 0.15) is 11.6 Å². The van der Waals surface area contributed by atoms with Crippen LogP contribution in [0.2, 0.25) is 0 Å². The molecule has 8 heteroatoms. The Kier molecular flexibility index (Phi) is 5.49. The van der Waals surface area contributed by atoms with E-state index in [0.717, 1.165) is 18.2 Å². The maximum atomic E-state index is 13.8. The van der Waals surface area contributed by atoms with Crippen molar-refractivity contribution in [2.75, 3.05) is 6.61 Å². The molecule has 0 fully saturated rings. The van der Waals surface area contributed by atoms with Crippen LogP contribution >= 0.6 is 0 Å². The van der Waals surface area contributed by atoms with E-state index in [0.29, 0.717) is 10.9 Å². The molecule has 28 heavy (non-hydrogen) atoms. The standard InChI is InChI=1S/C20H16F2N2O4/c1-11(13-7-6-12(21)8-16(13)22)23-19(26)10-28-20(27)15-9-18(25)24-17-5-3-2-4-14(15)17/h2-9,11H,10H2,1H3,(H,23,26)(H,24,25)/t11-/m0/s1. The van der Waals surface area contributed by atoms with Crippen molar-refractivity contribution in [3.8, 4) is 0 Å². The number of rotatable bonds is 5. The van der Waals surface area contributed by atoms with E-state index in [2.05, 4.69) is 10.3 Å². The average Bonchev–Trinajstić information content (AvgIpc) is 2.65. The average molecular weight is 386 g/mol. The minimum absolute atomic E-state index is 0.0322. The molecule has 0 saturated carbocycles. The van der Waals surface area contributed by atoms with Gasteiger partial charge in [-0.05, 0) is 19.1 Å². The van der Waals surface area contributed by atoms with E-state index in [1.165, 1.54) is 13.0 Å². The van der Waals surface area contributed by atoms with Gasteiger partial charge in [0.25, 0.3) is 5.91 Å². The Labute approximate surface area is 158 Å². The first-order valence-corrected chi connectivity index (χ1v) is 8.38. The molecular formula is C20H16F2N2O4. The minimum Gasteiger partial charge on any atom is -0.452 e. The van der Waals surface area contributed by atoms with Crippen LogP contribution in [0.3, 0.4) is 0 Å². The van der Waals surface area contributed by atoms with Crippen molar-refractivity contribution in [3.63, 3.8) is 0 Å². The van der Waals surface area contributed by atoms with E-state index >= 15 is 0 Å². The molecule has 144 valence electrons. The number of amides is 1. The van der Waals surface area contributed by atoms with Gasteiger partial charge >= 0.3 is 5.97 Å². The highest BCUT2D eigenvalue weighted by Gasteiger charge is 2.17. The monoisotopic (exact) mass is 386 g/mol. The summed E-state index contributed by atoms with van der Waals surface area (Å²) >= 11 is 0. The SMILES string of the molecule is C[C@H](NC(=O)COC(=O)c1cc(=O)[nH]c2ccccc12)c1ccc(F)cc1F. The number of ether oxygens (including phenoxy) is 1. The van der Waals surface area contributed by atoms with Gasteiger partial charge in [0.05, 0.1) is 11.6 Å². The first-order chi connectivity index (χ1) is 13.3. The Morgan fingerprint density at radius 2 is 1.89 bits per heavy atom. The van der Waals surface area contributed by atoms with E-state index in [1.807, 2.05) is 0 Å². The smallest absolute Gasteiger partial charge is 0.339 e. The van der Waals surface area contributed by atoms with Crippen molar-refractivity contribution in [1.29, 1.82) is 0 Å². The van der Waals surface area contributed by atoms with Gasteiger partial charge in [-0.2, -0.15) is 0 Å². The second-order valence-corrected chi connectivity index (χ2v) is 6.12. The van der Waals surface area contributed by atoms with Gasteiger partial charge in [-0.1, -0.05) is 24.3 Å². The molecule has 2 N–H and O–H groups in total. The number of esters is 1. The largest absolute Gasteiger partial charge is 0.452 e. The van der Waals surface area contributed by atoms with Crippen LogP contribution in [-0.4, -0.2) is 23.5 Å². The third-order valence-electron chi connectivity index (χ3n) is 4.11. The van der Waals surface area contributed by atoms with Crippen LogP contribution in [0.25, 0.3) is 10.9 Å². The molecule has 0 unspecified atom stereocenters. The van der Waals surface area contributed by atoms with Crippen LogP contribution in [0, 0.1) is 11.6 Å². The topological polar surface area (TPSA) is 88.3 Å². The molecular weight excluding hydrogens is 370 g/mol. The lowest BCUT2D eigenvalue weighted by Crippen LogP contribution is -2.31. The van der Waals surface area contributed by atoms with Gasteiger partial charge in [0, 0.05) is 28.6 Å². The summed E-state index contributed by atoms with van der Waals surface area (Å²) in [6.45, 7) is 0.896. The number of para-hydroxylation sites is 1. The van der Waals surface area contributed by atoms with Crippen molar-refractivity contribution >= 4 is 22.8 Å². The summed E-state index contributed by atoms with van der Waals surface area (Å²) in [6, 6.07) is 10.0. The van der Waals surface area contributed by atoms with Gasteiger partial charge < -0.3 is 15.0 Å². The number of aromatic nitrogens is 1. The number of carbonyl (C=O) groups excluding carboxylic acids is 2. The number of halogens is 2. The zero-order chi connectivity index (χ0) is 20.3. The molecule has 6 nitrogen and oxygen atoms in total. The van der Waals surface area contributed by atoms with Gasteiger partial charge in [-0.25, -0.2) is 13.6 Å². The number of pyridine rings is 1. The number of hydrogen-bond acceptors (Lipinski definition) is 4. The van der Waals surface area contributed by atoms with Crippen LogP contribution < -0.4 is 10.9 Å². The molecule has 2 aromatic carbocycles. The highest BCUT2D eigenvalue weighted by atomic mass is 19.1. The molecule has 3 aromatic rings. The van der Waals surface area contributed by atoms with Crippen molar-refractivity contribution in [3.05, 3.63) is 81.6 Å². The molecule has 1 amide bonds. The molecule has 0 spiro atoms. The number of benzene rings is 2. The van der Waals surface area contributed by atoms with Crippen LogP contribution in [0.5, 0.6) is 0 Å². The van der Waals surface area contributed by atoms with Crippen molar-refractivity contribution in [2.24, 2.45) is 0 Å². The van der Waals surface area contributed by atoms with Gasteiger partial charge in [-0.3, -0.25) is 9.59 Å². The lowest BCUT2D eigenvalue weighted by Gasteiger charge is -2.15. The molecule has 1 heterocycles. The number of fused-ring (bicyclic) bond motifs is 1. The van der Waals surface area contributed by atoms with E-state index < -0.39 is 41.7 Å². The van der Waals surface area contributed by atoms with E-state index in [4.69, 9.17) is 4.74 Å². The third-order valence-corrected chi connectivity index (χ3v) is 4.11. The summed E-state index contributed by atoms with van der Waals surface area (Å²) in [7, 11) is 0. The molecule has 1 aromatic heterocycles. The lowest BCUT2D eigenvalue weighted by atomic mass is 10.1. The molecule has 0 aliphatic carbocycles. The fraction of sp³-hybridized carbons (Fsp3) is 0.150. The molecule has 0 aliphatic rings. The zero-order valence-electron chi connectivity index (χ0n) is 14.8. The Morgan fingerprint density at radius 3 is 2.64 bits per heavy atom. The maximum Gasteiger partial charge on any atom is 0.339 e. The zero-order valence-corrected chi connectivity index (χ0v) is 14.8. The molecule has 3 rings (SSSR count). The predicted molar refractivity (Wildman–Crippen MR) is 97.8 cm³/mol. The molecule has 1 atom stereocenters. The van der Waals surface area contributed by atoms with Gasteiger partial charge in [0.2, 0.25) is 5.56 Å². The Hall–Kier alpha value is -3.55. The number of nitrogens with one attached hydrogen (secondary N) is 2. The van der Waals surface area contributed by atoms with E-state index in [-0.39, 0.29) is 11.1 Å². The van der Waals surface area contributed by atoms with E-state index in [1.54, 1.807) is 24.3 Å². The van der Waals surface area contributed by atoms with Gasteiger partial charge in [0.15, 0.2) is 6.61 Å². The highest BCUT2D eigenvalue weighted by molar-refractivity contribution is 6.03. The summed E-state index contributed by atoms with van der Waals surface area (Å²) in [4.78, 5) is 38.6. The number of hydrogen-bond donors (Lipinski definition) is 2. The quantitative estimate of drug-likeness (QED) is 0.660. The summed E-state index contributed by atoms with van der Waals surface area (Å²) in [5.41, 5.74) is 0.119. The predicted octanol–water partition coefficient (Wildman–Crippen LogP) is 2.84. The second-order valence-electron chi connectivity index (χ2n) is 6.12. The first kappa shape index (κ1) is 19.2. The van der Waals surface area contributed by atoms with Crippen molar-refractivity contribution < 1.29 is 23.1 Å². The van der Waals surface area contributed by atoms with Crippen LogP contribution in [0.15, 0.2) is 53.3 Å². The summed E-state index contributed by atoms with van der Waals surface area (Å²) in [5, 5.41) is 2.95. The third kappa shape index (κ3) is 4.22. The fourth-order valence-electron chi connectivity index (χ4n) is 2.80. The van der Waals surface area contributed by atoms with Crippen molar-refractivity contribution in [2.45, 2.75) is 13.0 Å². The lowest BCUT2D eigenvalue weighted by molar-refractivity contribution is -0.124. The van der Waals surface area contributed by atoms with Crippen LogP contribution in [0.4, 0.5) is 8.78 Å². The Bertz CT molecular complexity index is 1110. The summed E-state index contributed by atoms with van der Waals surface area (Å²) in [6.07, 6.45) is 0. The normalized spacial score (nSPS) is 11.8. The number of carbonyl (C=O) groups is 2. The van der Waals surface area contributed by atoms with Crippen molar-refractivity contribution in [1.82, 2.24) is 10.3 Å². The second kappa shape index (κ2) is 7.99. The minimum atomic E-state index is -0.835. The highest BCUT2D eigenvalue weighted by Crippen LogP contribution is 2.18. The molecule has 0 saturated heterocycles. The number of aromatic amines is 1. The molecule has 0 radical (unpaired) electrons. The summed E-state index contributed by atoms with van der Waals surface area (Å²) < 4.78 is 31.7. The maximum absolute atomic E-state index is 13.8.